The van der Waals surface area contributed by atoms with E-state index in [1.54, 1.807) is 0 Å². The van der Waals surface area contributed by atoms with Gasteiger partial charge in [0.15, 0.2) is 0 Å². The standard InChI is InChI=1S/C18H19N5O8S/c1-2-3-8-19-18(25)21-32(30,31)16-6-4-13(5-7-16)20-17(24)12-9-14(22(26)27)11-15(10-12)23(28)29/h4-7,9-11H,2-3,8H2,1H3,(H,20,24)(H2,19,21,25). The SMILES string of the molecule is CCCCNC(=O)NS(=O)(=O)c1ccc(NC(=O)c2cc([N+](=O)[O-])cc([N+](=O)[O-])c2)cc1. The number of nitro benzene ring substituents is 2. The lowest BCUT2D eigenvalue weighted by Crippen LogP contribution is -2.39. The van der Waals surface area contributed by atoms with Gasteiger partial charge in [-0.1, -0.05) is 13.3 Å². The Labute approximate surface area is 182 Å². The molecule has 0 aromatic heterocycles. The van der Waals surface area contributed by atoms with Crippen LogP contribution < -0.4 is 15.4 Å². The van der Waals surface area contributed by atoms with Gasteiger partial charge in [0.2, 0.25) is 0 Å². The molecule has 0 saturated carbocycles. The Hall–Kier alpha value is -4.07. The van der Waals surface area contributed by atoms with Crippen molar-refractivity contribution in [2.24, 2.45) is 0 Å². The number of non-ortho nitro benzene ring substituents is 2. The van der Waals surface area contributed by atoms with Crippen LogP contribution in [0.5, 0.6) is 0 Å². The van der Waals surface area contributed by atoms with E-state index < -0.39 is 43.2 Å². The minimum Gasteiger partial charge on any atom is -0.337 e. The lowest BCUT2D eigenvalue weighted by atomic mass is 10.1. The van der Waals surface area contributed by atoms with Gasteiger partial charge in [-0.25, -0.2) is 17.9 Å². The molecule has 0 saturated heterocycles. The van der Waals surface area contributed by atoms with Gasteiger partial charge in [-0.05, 0) is 30.7 Å². The number of rotatable bonds is 9. The highest BCUT2D eigenvalue weighted by atomic mass is 32.2. The molecule has 170 valence electrons. The average molecular weight is 465 g/mol. The van der Waals surface area contributed by atoms with Crippen molar-refractivity contribution in [3.05, 3.63) is 68.3 Å². The number of sulfonamides is 1. The smallest absolute Gasteiger partial charge is 0.328 e. The Balaban J connectivity index is 2.14. The first kappa shape index (κ1) is 24.2. The van der Waals surface area contributed by atoms with E-state index in [2.05, 4.69) is 10.6 Å². The number of carbonyl (C=O) groups excluding carboxylic acids is 2. The van der Waals surface area contributed by atoms with Gasteiger partial charge in [0.05, 0.1) is 26.4 Å². The highest BCUT2D eigenvalue weighted by Crippen LogP contribution is 2.23. The molecule has 0 unspecified atom stereocenters. The number of carbonyl (C=O) groups is 2. The summed E-state index contributed by atoms with van der Waals surface area (Å²) in [5.41, 5.74) is -1.47. The molecule has 14 heteroatoms. The number of unbranched alkanes of at least 4 members (excludes halogenated alkanes) is 1. The molecule has 0 spiro atoms. The van der Waals surface area contributed by atoms with E-state index >= 15 is 0 Å². The third-order valence-corrected chi connectivity index (χ3v) is 5.40. The van der Waals surface area contributed by atoms with Crippen molar-refractivity contribution in [2.45, 2.75) is 24.7 Å². The number of anilines is 1. The van der Waals surface area contributed by atoms with Gasteiger partial charge in [-0.3, -0.25) is 25.0 Å². The monoisotopic (exact) mass is 465 g/mol. The zero-order chi connectivity index (χ0) is 23.9. The van der Waals surface area contributed by atoms with E-state index in [1.807, 2.05) is 11.6 Å². The van der Waals surface area contributed by atoms with E-state index in [0.29, 0.717) is 13.0 Å². The minimum absolute atomic E-state index is 0.121. The Bertz CT molecular complexity index is 1120. The number of nitrogens with zero attached hydrogens (tertiary/aromatic N) is 2. The molecule has 13 nitrogen and oxygen atoms in total. The molecule has 3 amide bonds. The number of benzene rings is 2. The summed E-state index contributed by atoms with van der Waals surface area (Å²) >= 11 is 0. The maximum atomic E-state index is 12.4. The van der Waals surface area contributed by atoms with Gasteiger partial charge in [0.1, 0.15) is 0 Å². The van der Waals surface area contributed by atoms with Crippen LogP contribution in [0.15, 0.2) is 47.4 Å². The first-order valence-corrected chi connectivity index (χ1v) is 10.7. The van der Waals surface area contributed by atoms with E-state index in [4.69, 9.17) is 0 Å². The quantitative estimate of drug-likeness (QED) is 0.286. The molecule has 0 bridgehead atoms. The molecule has 32 heavy (non-hydrogen) atoms. The normalized spacial score (nSPS) is 10.8. The number of hydrogen-bond acceptors (Lipinski definition) is 8. The highest BCUT2D eigenvalue weighted by molar-refractivity contribution is 7.90. The summed E-state index contributed by atoms with van der Waals surface area (Å²) in [6.45, 7) is 2.23. The number of hydrogen-bond donors (Lipinski definition) is 3. The molecule has 0 atom stereocenters. The molecule has 2 aromatic rings. The molecule has 0 radical (unpaired) electrons. The van der Waals surface area contributed by atoms with E-state index in [9.17, 15) is 38.2 Å². The maximum Gasteiger partial charge on any atom is 0.328 e. The second kappa shape index (κ2) is 10.3. The van der Waals surface area contributed by atoms with Gasteiger partial charge >= 0.3 is 6.03 Å². The summed E-state index contributed by atoms with van der Waals surface area (Å²) in [5, 5.41) is 26.7. The lowest BCUT2D eigenvalue weighted by molar-refractivity contribution is -0.394. The Morgan fingerprint density at radius 1 is 0.969 bits per heavy atom. The summed E-state index contributed by atoms with van der Waals surface area (Å²) in [7, 11) is -4.15. The molecule has 0 aliphatic rings. The van der Waals surface area contributed by atoms with Crippen LogP contribution in [0.3, 0.4) is 0 Å². The Kier molecular flexibility index (Phi) is 7.79. The van der Waals surface area contributed by atoms with Crippen molar-refractivity contribution in [1.29, 1.82) is 0 Å². The predicted octanol–water partition coefficient (Wildman–Crippen LogP) is 2.54. The van der Waals surface area contributed by atoms with Crippen LogP contribution in [0.4, 0.5) is 21.9 Å². The van der Waals surface area contributed by atoms with Gasteiger partial charge in [0, 0.05) is 24.4 Å². The predicted molar refractivity (Wildman–Crippen MR) is 113 cm³/mol. The largest absolute Gasteiger partial charge is 0.337 e. The fourth-order valence-electron chi connectivity index (χ4n) is 2.45. The Morgan fingerprint density at radius 3 is 2.03 bits per heavy atom. The number of nitrogens with one attached hydrogen (secondary N) is 3. The van der Waals surface area contributed by atoms with Crippen LogP contribution in [-0.2, 0) is 10.0 Å². The minimum atomic E-state index is -4.15. The molecule has 3 N–H and O–H groups in total. The fraction of sp³-hybridized carbons (Fsp3) is 0.222. The number of amides is 3. The van der Waals surface area contributed by atoms with Crippen molar-refractivity contribution in [1.82, 2.24) is 10.0 Å². The van der Waals surface area contributed by atoms with Crippen LogP contribution in [0.1, 0.15) is 30.1 Å². The van der Waals surface area contributed by atoms with Gasteiger partial charge in [-0.2, -0.15) is 0 Å². The van der Waals surface area contributed by atoms with Gasteiger partial charge < -0.3 is 10.6 Å². The molecule has 0 fully saturated rings. The first-order valence-electron chi connectivity index (χ1n) is 9.19. The molecule has 2 aromatic carbocycles. The lowest BCUT2D eigenvalue weighted by Gasteiger charge is -2.09. The summed E-state index contributed by atoms with van der Waals surface area (Å²) in [5.74, 6) is -0.874. The van der Waals surface area contributed by atoms with Gasteiger partial charge in [-0.15, -0.1) is 0 Å². The van der Waals surface area contributed by atoms with Crippen molar-refractivity contribution in [2.75, 3.05) is 11.9 Å². The van der Waals surface area contributed by atoms with Crippen LogP contribution in [0, 0.1) is 20.2 Å². The van der Waals surface area contributed by atoms with Crippen LogP contribution in [-0.4, -0.2) is 36.7 Å². The average Bonchev–Trinajstić information content (AvgIpc) is 2.73. The topological polar surface area (TPSA) is 191 Å². The number of urea groups is 1. The highest BCUT2D eigenvalue weighted by Gasteiger charge is 2.21. The molecule has 0 heterocycles. The summed E-state index contributed by atoms with van der Waals surface area (Å²) in [4.78, 5) is 44.0. The van der Waals surface area contributed by atoms with Crippen LogP contribution in [0.2, 0.25) is 0 Å². The summed E-state index contributed by atoms with van der Waals surface area (Å²) in [6, 6.07) is 6.33. The second-order valence-corrected chi connectivity index (χ2v) is 8.13. The molecule has 0 aliphatic heterocycles. The van der Waals surface area contributed by atoms with Crippen molar-refractivity contribution < 1.29 is 27.9 Å². The molecular formula is C18H19N5O8S. The molecule has 2 rings (SSSR count). The van der Waals surface area contributed by atoms with Crippen LogP contribution in [0.25, 0.3) is 0 Å². The fourth-order valence-corrected chi connectivity index (χ4v) is 3.38. The zero-order valence-corrected chi connectivity index (χ0v) is 17.5. The van der Waals surface area contributed by atoms with Crippen molar-refractivity contribution >= 4 is 39.0 Å². The third kappa shape index (κ3) is 6.46. The first-order chi connectivity index (χ1) is 15.0. The molecular weight excluding hydrogens is 446 g/mol. The maximum absolute atomic E-state index is 12.4. The van der Waals surface area contributed by atoms with Crippen LogP contribution >= 0.6 is 0 Å². The van der Waals surface area contributed by atoms with E-state index in [-0.39, 0.29) is 16.1 Å². The number of nitro groups is 2. The summed E-state index contributed by atoms with van der Waals surface area (Å²) in [6.07, 6.45) is 1.51. The van der Waals surface area contributed by atoms with Gasteiger partial charge in [0.25, 0.3) is 27.3 Å². The summed E-state index contributed by atoms with van der Waals surface area (Å²) < 4.78 is 26.4. The van der Waals surface area contributed by atoms with Crippen molar-refractivity contribution in [3.63, 3.8) is 0 Å². The second-order valence-electron chi connectivity index (χ2n) is 6.45. The molecule has 0 aliphatic carbocycles. The zero-order valence-electron chi connectivity index (χ0n) is 16.7. The van der Waals surface area contributed by atoms with Crippen molar-refractivity contribution in [3.8, 4) is 0 Å². The van der Waals surface area contributed by atoms with E-state index in [1.165, 1.54) is 12.1 Å². The Morgan fingerprint density at radius 2 is 1.53 bits per heavy atom. The third-order valence-electron chi connectivity index (χ3n) is 4.05. The van der Waals surface area contributed by atoms with E-state index in [0.717, 1.165) is 36.8 Å².